The number of primary amides is 1. The third-order valence-electron chi connectivity index (χ3n) is 1.96. The van der Waals surface area contributed by atoms with Crippen LogP contribution < -0.4 is 11.5 Å². The average molecular weight is 282 g/mol. The summed E-state index contributed by atoms with van der Waals surface area (Å²) in [5.41, 5.74) is 10.8. The summed E-state index contributed by atoms with van der Waals surface area (Å²) in [7, 11) is 0. The number of nitrogens with two attached hydrogens (primary N) is 2. The third-order valence-corrected chi connectivity index (χ3v) is 3.44. The van der Waals surface area contributed by atoms with Crippen molar-refractivity contribution in [2.75, 3.05) is 5.73 Å². The van der Waals surface area contributed by atoms with Crippen molar-refractivity contribution in [2.45, 2.75) is 9.92 Å². The van der Waals surface area contributed by atoms with Crippen molar-refractivity contribution in [1.29, 1.82) is 0 Å². The normalized spacial score (nSPS) is 10.3. The van der Waals surface area contributed by atoms with Gasteiger partial charge in [0.15, 0.2) is 0 Å². The van der Waals surface area contributed by atoms with Crippen molar-refractivity contribution >= 4 is 35.1 Å². The maximum Gasteiger partial charge on any atom is 0.268 e. The van der Waals surface area contributed by atoms with Crippen LogP contribution in [0.25, 0.3) is 0 Å². The Morgan fingerprint density at radius 3 is 2.89 bits per heavy atom. The minimum Gasteiger partial charge on any atom is -0.382 e. The van der Waals surface area contributed by atoms with E-state index in [2.05, 4.69) is 15.0 Å². The lowest BCUT2D eigenvalue weighted by Gasteiger charge is -2.05. The Morgan fingerprint density at radius 2 is 2.17 bits per heavy atom. The van der Waals surface area contributed by atoms with Gasteiger partial charge in [0.25, 0.3) is 5.91 Å². The highest BCUT2D eigenvalue weighted by atomic mass is 35.5. The first-order chi connectivity index (χ1) is 8.58. The molecule has 0 spiro atoms. The molecule has 0 saturated heterocycles. The minimum absolute atomic E-state index is 0.0955. The number of hydrogen-bond acceptors (Lipinski definition) is 6. The molecule has 2 heterocycles. The molecule has 0 saturated carbocycles. The van der Waals surface area contributed by atoms with Crippen LogP contribution in [-0.2, 0) is 0 Å². The summed E-state index contributed by atoms with van der Waals surface area (Å²) < 4.78 is 0. The number of amides is 1. The van der Waals surface area contributed by atoms with E-state index in [1.54, 1.807) is 6.07 Å². The lowest BCUT2D eigenvalue weighted by atomic mass is 10.4. The molecule has 6 nitrogen and oxygen atoms in total. The maximum atomic E-state index is 11.0. The number of carbonyl (C=O) groups is 1. The maximum absolute atomic E-state index is 11.0. The topological polar surface area (TPSA) is 108 Å². The fourth-order valence-corrected chi connectivity index (χ4v) is 2.18. The molecule has 0 bridgehead atoms. The van der Waals surface area contributed by atoms with Crippen molar-refractivity contribution in [3.05, 3.63) is 35.4 Å². The fraction of sp³-hybridized carbons (Fsp3) is 0. The zero-order valence-corrected chi connectivity index (χ0v) is 10.6. The van der Waals surface area contributed by atoms with E-state index < -0.39 is 5.91 Å². The van der Waals surface area contributed by atoms with Gasteiger partial charge < -0.3 is 11.5 Å². The molecule has 8 heteroatoms. The van der Waals surface area contributed by atoms with Crippen LogP contribution in [0.3, 0.4) is 0 Å². The van der Waals surface area contributed by atoms with Gasteiger partial charge >= 0.3 is 0 Å². The molecule has 18 heavy (non-hydrogen) atoms. The summed E-state index contributed by atoms with van der Waals surface area (Å²) in [6.45, 7) is 0. The first-order valence-electron chi connectivity index (χ1n) is 4.77. The van der Waals surface area contributed by atoms with Gasteiger partial charge in [-0.15, -0.1) is 0 Å². The molecule has 1 amide bonds. The van der Waals surface area contributed by atoms with Crippen LogP contribution in [-0.4, -0.2) is 20.9 Å². The zero-order chi connectivity index (χ0) is 13.1. The van der Waals surface area contributed by atoms with Gasteiger partial charge in [-0.2, -0.15) is 0 Å². The van der Waals surface area contributed by atoms with Gasteiger partial charge in [-0.25, -0.2) is 9.97 Å². The van der Waals surface area contributed by atoms with E-state index in [4.69, 9.17) is 23.1 Å². The van der Waals surface area contributed by atoms with Gasteiger partial charge in [0.1, 0.15) is 16.5 Å². The number of anilines is 1. The monoisotopic (exact) mass is 281 g/mol. The number of hydrogen-bond donors (Lipinski definition) is 2. The van der Waals surface area contributed by atoms with Crippen molar-refractivity contribution < 1.29 is 4.79 Å². The number of nitrogens with zero attached hydrogens (tertiary/aromatic N) is 3. The first-order valence-corrected chi connectivity index (χ1v) is 5.97. The van der Waals surface area contributed by atoms with Gasteiger partial charge in [-0.3, -0.25) is 9.78 Å². The van der Waals surface area contributed by atoms with E-state index in [1.807, 2.05) is 0 Å². The second kappa shape index (κ2) is 5.19. The molecule has 2 aromatic heterocycles. The lowest BCUT2D eigenvalue weighted by molar-refractivity contribution is 0.0994. The van der Waals surface area contributed by atoms with Crippen molar-refractivity contribution in [1.82, 2.24) is 15.0 Å². The Bertz CT molecular complexity index is 607. The summed E-state index contributed by atoms with van der Waals surface area (Å²) in [6.07, 6.45) is 4.34. The highest BCUT2D eigenvalue weighted by Gasteiger charge is 2.09. The summed E-state index contributed by atoms with van der Waals surface area (Å²) in [5.74, 6) is -0.397. The Hall–Kier alpha value is -1.86. The van der Waals surface area contributed by atoms with E-state index in [0.29, 0.717) is 14.9 Å². The number of pyridine rings is 1. The highest BCUT2D eigenvalue weighted by Crippen LogP contribution is 2.33. The molecule has 0 aromatic carbocycles. The van der Waals surface area contributed by atoms with Crippen LogP contribution in [0.2, 0.25) is 5.02 Å². The largest absolute Gasteiger partial charge is 0.382 e. The molecule has 2 rings (SSSR count). The number of carbonyl (C=O) groups excluding carboxylic acids is 1. The number of aromatic nitrogens is 3. The molecular formula is C10H8ClN5OS. The molecule has 2 aromatic rings. The van der Waals surface area contributed by atoms with Crippen LogP contribution in [0.15, 0.2) is 34.6 Å². The second-order valence-corrected chi connectivity index (χ2v) is 4.66. The van der Waals surface area contributed by atoms with Crippen LogP contribution in [0, 0.1) is 0 Å². The fourth-order valence-electron chi connectivity index (χ4n) is 1.15. The summed E-state index contributed by atoms with van der Waals surface area (Å²) >= 11 is 7.22. The molecule has 0 aliphatic carbocycles. The van der Waals surface area contributed by atoms with E-state index in [1.165, 1.54) is 30.4 Å². The van der Waals surface area contributed by atoms with Gasteiger partial charge in [0.2, 0.25) is 0 Å². The molecule has 4 N–H and O–H groups in total. The average Bonchev–Trinajstić information content (AvgIpc) is 2.35. The molecule has 92 valence electrons. The number of nitrogen functional groups attached to an aromatic ring is 1. The van der Waals surface area contributed by atoms with E-state index in [9.17, 15) is 4.79 Å². The number of halogens is 1. The Kier molecular flexibility index (Phi) is 3.63. The third kappa shape index (κ3) is 2.69. The van der Waals surface area contributed by atoms with Crippen LogP contribution in [0.5, 0.6) is 0 Å². The van der Waals surface area contributed by atoms with E-state index in [-0.39, 0.29) is 11.5 Å². The standard InChI is InChI=1S/C10H8ClN5OS/c11-8-6(1-2-15-9(8)12)18-7-4-14-3-5(16-7)10(13)17/h1-4H,(H2,12,15)(H2,13,17). The molecule has 0 unspecified atom stereocenters. The lowest BCUT2D eigenvalue weighted by Crippen LogP contribution is -2.13. The molecule has 0 radical (unpaired) electrons. The van der Waals surface area contributed by atoms with Gasteiger partial charge in [0, 0.05) is 11.1 Å². The SMILES string of the molecule is NC(=O)c1cncc(Sc2ccnc(N)c2Cl)n1. The van der Waals surface area contributed by atoms with Gasteiger partial charge in [-0.1, -0.05) is 23.4 Å². The van der Waals surface area contributed by atoms with E-state index in [0.717, 1.165) is 0 Å². The van der Waals surface area contributed by atoms with Crippen LogP contribution in [0.1, 0.15) is 10.5 Å². The molecule has 0 fully saturated rings. The first kappa shape index (κ1) is 12.6. The molecular weight excluding hydrogens is 274 g/mol. The molecule has 0 atom stereocenters. The van der Waals surface area contributed by atoms with Crippen molar-refractivity contribution in [3.63, 3.8) is 0 Å². The van der Waals surface area contributed by atoms with Gasteiger partial charge in [0.05, 0.1) is 17.4 Å². The summed E-state index contributed by atoms with van der Waals surface area (Å²) in [6, 6.07) is 1.70. The predicted octanol–water partition coefficient (Wildman–Crippen LogP) is 1.36. The van der Waals surface area contributed by atoms with Crippen LogP contribution >= 0.6 is 23.4 Å². The summed E-state index contributed by atoms with van der Waals surface area (Å²) in [5, 5.41) is 0.840. The number of rotatable bonds is 3. The minimum atomic E-state index is -0.634. The Balaban J connectivity index is 2.31. The predicted molar refractivity (Wildman–Crippen MR) is 68.3 cm³/mol. The van der Waals surface area contributed by atoms with Crippen LogP contribution in [0.4, 0.5) is 5.82 Å². The quantitative estimate of drug-likeness (QED) is 0.879. The molecule has 0 aliphatic rings. The van der Waals surface area contributed by atoms with E-state index >= 15 is 0 Å². The second-order valence-electron chi connectivity index (χ2n) is 3.22. The Labute approximate surface area is 112 Å². The molecule has 0 aliphatic heterocycles. The zero-order valence-electron chi connectivity index (χ0n) is 9.00. The van der Waals surface area contributed by atoms with Crippen molar-refractivity contribution in [2.24, 2.45) is 5.73 Å². The Morgan fingerprint density at radius 1 is 1.39 bits per heavy atom. The smallest absolute Gasteiger partial charge is 0.268 e. The summed E-state index contributed by atoms with van der Waals surface area (Å²) in [4.78, 5) is 23.4. The van der Waals surface area contributed by atoms with Gasteiger partial charge in [-0.05, 0) is 6.07 Å². The highest BCUT2D eigenvalue weighted by molar-refractivity contribution is 7.99. The van der Waals surface area contributed by atoms with Crippen molar-refractivity contribution in [3.8, 4) is 0 Å².